The first-order valence-electron chi connectivity index (χ1n) is 6.93. The third-order valence-electron chi connectivity index (χ3n) is 3.70. The van der Waals surface area contributed by atoms with Gasteiger partial charge in [0.15, 0.2) is 0 Å². The van der Waals surface area contributed by atoms with Gasteiger partial charge >= 0.3 is 0 Å². The van der Waals surface area contributed by atoms with Gasteiger partial charge in [0.2, 0.25) is 0 Å². The average molecular weight is 246 g/mol. The third kappa shape index (κ3) is 2.41. The van der Waals surface area contributed by atoms with Gasteiger partial charge in [-0.1, -0.05) is 47.6 Å². The van der Waals surface area contributed by atoms with Gasteiger partial charge in [-0.2, -0.15) is 0 Å². The number of hydrogen-bond donors (Lipinski definition) is 0. The molecule has 0 fully saturated rings. The number of hydrogen-bond acceptors (Lipinski definition) is 1. The average Bonchev–Trinajstić information content (AvgIpc) is 2.52. The molecule has 18 heavy (non-hydrogen) atoms. The summed E-state index contributed by atoms with van der Waals surface area (Å²) in [4.78, 5) is 0. The van der Waals surface area contributed by atoms with E-state index in [1.807, 2.05) is 0 Å². The molecule has 100 valence electrons. The minimum Gasteiger partial charge on any atom is -0.490 e. The third-order valence-corrected chi connectivity index (χ3v) is 3.70. The highest BCUT2D eigenvalue weighted by atomic mass is 16.5. The second-order valence-corrected chi connectivity index (χ2v) is 7.63. The van der Waals surface area contributed by atoms with Crippen LogP contribution in [0.1, 0.15) is 65.2 Å². The van der Waals surface area contributed by atoms with Crippen molar-refractivity contribution >= 4 is 0 Å². The highest BCUT2D eigenvalue weighted by Crippen LogP contribution is 2.40. The maximum Gasteiger partial charge on any atom is 0.123 e. The summed E-state index contributed by atoms with van der Waals surface area (Å²) in [6.45, 7) is 15.8. The van der Waals surface area contributed by atoms with Gasteiger partial charge in [-0.05, 0) is 34.9 Å². The Hall–Kier alpha value is -0.980. The van der Waals surface area contributed by atoms with Crippen molar-refractivity contribution in [2.75, 3.05) is 0 Å². The molecule has 0 N–H and O–H groups in total. The molecule has 1 heteroatoms. The van der Waals surface area contributed by atoms with E-state index in [1.54, 1.807) is 0 Å². The SMILES string of the molecule is CC1Cc2c(cc(C(C)(C)C)cc2C(C)(C)C)O1. The van der Waals surface area contributed by atoms with Crippen molar-refractivity contribution in [1.29, 1.82) is 0 Å². The first-order valence-corrected chi connectivity index (χ1v) is 6.93. The number of benzene rings is 1. The molecular weight excluding hydrogens is 220 g/mol. The Morgan fingerprint density at radius 3 is 2.11 bits per heavy atom. The van der Waals surface area contributed by atoms with Crippen molar-refractivity contribution in [3.05, 3.63) is 28.8 Å². The lowest BCUT2D eigenvalue weighted by molar-refractivity contribution is 0.254. The van der Waals surface area contributed by atoms with E-state index in [4.69, 9.17) is 4.74 Å². The minimum absolute atomic E-state index is 0.171. The fraction of sp³-hybridized carbons (Fsp3) is 0.647. The molecule has 0 spiro atoms. The van der Waals surface area contributed by atoms with Crippen LogP contribution in [0.2, 0.25) is 0 Å². The molecule has 1 atom stereocenters. The van der Waals surface area contributed by atoms with E-state index in [2.05, 4.69) is 60.6 Å². The molecule has 0 saturated carbocycles. The van der Waals surface area contributed by atoms with Gasteiger partial charge in [0.25, 0.3) is 0 Å². The van der Waals surface area contributed by atoms with Crippen LogP contribution in [0.25, 0.3) is 0 Å². The predicted molar refractivity (Wildman–Crippen MR) is 77.6 cm³/mol. The highest BCUT2D eigenvalue weighted by molar-refractivity contribution is 5.50. The van der Waals surface area contributed by atoms with E-state index in [0.29, 0.717) is 6.10 Å². The van der Waals surface area contributed by atoms with Gasteiger partial charge < -0.3 is 4.74 Å². The van der Waals surface area contributed by atoms with E-state index in [9.17, 15) is 0 Å². The summed E-state index contributed by atoms with van der Waals surface area (Å²) in [5.74, 6) is 1.11. The first kappa shape index (κ1) is 13.5. The summed E-state index contributed by atoms with van der Waals surface area (Å²) in [5.41, 5.74) is 4.60. The van der Waals surface area contributed by atoms with Crippen LogP contribution >= 0.6 is 0 Å². The van der Waals surface area contributed by atoms with E-state index in [1.165, 1.54) is 16.7 Å². The Morgan fingerprint density at radius 2 is 1.61 bits per heavy atom. The Morgan fingerprint density at radius 1 is 1.00 bits per heavy atom. The van der Waals surface area contributed by atoms with E-state index in [-0.39, 0.29) is 10.8 Å². The quantitative estimate of drug-likeness (QED) is 0.650. The van der Waals surface area contributed by atoms with Crippen LogP contribution in [-0.2, 0) is 17.3 Å². The fourth-order valence-electron chi connectivity index (χ4n) is 2.61. The lowest BCUT2D eigenvalue weighted by Gasteiger charge is -2.27. The van der Waals surface area contributed by atoms with Gasteiger partial charge in [0, 0.05) is 12.0 Å². The second kappa shape index (κ2) is 4.01. The van der Waals surface area contributed by atoms with E-state index < -0.39 is 0 Å². The number of ether oxygens (including phenoxy) is 1. The highest BCUT2D eigenvalue weighted by Gasteiger charge is 2.30. The maximum atomic E-state index is 5.98. The van der Waals surface area contributed by atoms with Crippen LogP contribution < -0.4 is 4.74 Å². The Balaban J connectivity index is 2.62. The molecule has 1 unspecified atom stereocenters. The van der Waals surface area contributed by atoms with Gasteiger partial charge in [-0.3, -0.25) is 0 Å². The van der Waals surface area contributed by atoms with Crippen LogP contribution in [0.5, 0.6) is 5.75 Å². The number of fused-ring (bicyclic) bond motifs is 1. The van der Waals surface area contributed by atoms with Crippen LogP contribution in [0.15, 0.2) is 12.1 Å². The predicted octanol–water partition coefficient (Wildman–Crippen LogP) is 4.61. The lowest BCUT2D eigenvalue weighted by atomic mass is 9.78. The summed E-state index contributed by atoms with van der Waals surface area (Å²) >= 11 is 0. The van der Waals surface area contributed by atoms with E-state index in [0.717, 1.165) is 12.2 Å². The molecule has 0 saturated heterocycles. The van der Waals surface area contributed by atoms with E-state index >= 15 is 0 Å². The van der Waals surface area contributed by atoms with Crippen LogP contribution in [0, 0.1) is 0 Å². The van der Waals surface area contributed by atoms with Crippen LogP contribution in [0.4, 0.5) is 0 Å². The summed E-state index contributed by atoms with van der Waals surface area (Å²) in [5, 5.41) is 0. The summed E-state index contributed by atoms with van der Waals surface area (Å²) in [6.07, 6.45) is 1.36. The van der Waals surface area contributed by atoms with Crippen molar-refractivity contribution in [1.82, 2.24) is 0 Å². The van der Waals surface area contributed by atoms with Crippen LogP contribution in [0.3, 0.4) is 0 Å². The zero-order valence-corrected chi connectivity index (χ0v) is 12.8. The standard InChI is InChI=1S/C17H26O/c1-11-8-13-14(17(5,6)7)9-12(16(2,3)4)10-15(13)18-11/h9-11H,8H2,1-7H3. The maximum absolute atomic E-state index is 5.98. The largest absolute Gasteiger partial charge is 0.490 e. The summed E-state index contributed by atoms with van der Waals surface area (Å²) in [6, 6.07) is 4.63. The van der Waals surface area contributed by atoms with Crippen molar-refractivity contribution < 1.29 is 4.74 Å². The summed E-state index contributed by atoms with van der Waals surface area (Å²) in [7, 11) is 0. The molecule has 0 amide bonds. The molecule has 0 bridgehead atoms. The monoisotopic (exact) mass is 246 g/mol. The van der Waals surface area contributed by atoms with Gasteiger partial charge in [-0.25, -0.2) is 0 Å². The number of rotatable bonds is 0. The summed E-state index contributed by atoms with van der Waals surface area (Å²) < 4.78 is 5.98. The lowest BCUT2D eigenvalue weighted by Crippen LogP contribution is -2.18. The minimum atomic E-state index is 0.171. The molecule has 1 aliphatic rings. The smallest absolute Gasteiger partial charge is 0.123 e. The molecule has 2 rings (SSSR count). The van der Waals surface area contributed by atoms with Crippen LogP contribution in [-0.4, -0.2) is 6.10 Å². The van der Waals surface area contributed by atoms with Gasteiger partial charge in [0.05, 0.1) is 0 Å². The molecule has 1 aliphatic heterocycles. The Bertz CT molecular complexity index is 458. The molecule has 0 aliphatic carbocycles. The molecular formula is C17H26O. The molecule has 1 aromatic carbocycles. The zero-order valence-electron chi connectivity index (χ0n) is 12.8. The van der Waals surface area contributed by atoms with Crippen molar-refractivity contribution in [2.24, 2.45) is 0 Å². The van der Waals surface area contributed by atoms with Crippen molar-refractivity contribution in [2.45, 2.75) is 71.8 Å². The van der Waals surface area contributed by atoms with Crippen molar-refractivity contribution in [3.8, 4) is 5.75 Å². The molecule has 0 aromatic heterocycles. The normalized spacial score (nSPS) is 19.6. The molecule has 1 aromatic rings. The second-order valence-electron chi connectivity index (χ2n) is 7.63. The fourth-order valence-corrected chi connectivity index (χ4v) is 2.61. The molecule has 0 radical (unpaired) electrons. The Kier molecular flexibility index (Phi) is 3.00. The van der Waals surface area contributed by atoms with Gasteiger partial charge in [0.1, 0.15) is 11.9 Å². The van der Waals surface area contributed by atoms with Gasteiger partial charge in [-0.15, -0.1) is 0 Å². The topological polar surface area (TPSA) is 9.23 Å². The Labute approximate surface area is 112 Å². The van der Waals surface area contributed by atoms with Crippen molar-refractivity contribution in [3.63, 3.8) is 0 Å². The molecule has 1 heterocycles. The first-order chi connectivity index (χ1) is 8.09. The molecule has 1 nitrogen and oxygen atoms in total. The zero-order chi connectivity index (χ0) is 13.7.